The van der Waals surface area contributed by atoms with Gasteiger partial charge in [-0.15, -0.1) is 0 Å². The fraction of sp³-hybridized carbons (Fsp3) is 0.133. The summed E-state index contributed by atoms with van der Waals surface area (Å²) in [4.78, 5) is 12.1. The van der Waals surface area contributed by atoms with E-state index in [-0.39, 0.29) is 5.69 Å². The highest BCUT2D eigenvalue weighted by Crippen LogP contribution is 2.15. The molecular formula is C15H16N4O2. The van der Waals surface area contributed by atoms with E-state index in [1.54, 1.807) is 18.3 Å². The molecule has 0 aliphatic rings. The third kappa shape index (κ3) is 4.04. The third-order valence-corrected chi connectivity index (χ3v) is 2.89. The van der Waals surface area contributed by atoms with Gasteiger partial charge in [0.25, 0.3) is 5.69 Å². The van der Waals surface area contributed by atoms with Crippen LogP contribution in [0.4, 0.5) is 17.1 Å². The molecule has 0 radical (unpaired) electrons. The van der Waals surface area contributed by atoms with Crippen LogP contribution in [0, 0.1) is 10.1 Å². The first-order chi connectivity index (χ1) is 10.1. The maximum Gasteiger partial charge on any atom is 0.269 e. The minimum Gasteiger partial charge on any atom is -0.378 e. The van der Waals surface area contributed by atoms with Crippen LogP contribution in [0.25, 0.3) is 0 Å². The van der Waals surface area contributed by atoms with Crippen molar-refractivity contribution < 1.29 is 4.92 Å². The van der Waals surface area contributed by atoms with E-state index in [9.17, 15) is 10.1 Å². The van der Waals surface area contributed by atoms with Crippen molar-refractivity contribution in [1.29, 1.82) is 0 Å². The number of nitrogens with one attached hydrogen (secondary N) is 1. The second-order valence-electron chi connectivity index (χ2n) is 4.66. The maximum absolute atomic E-state index is 10.5. The molecule has 2 aromatic carbocycles. The molecule has 0 amide bonds. The van der Waals surface area contributed by atoms with Gasteiger partial charge in [-0.25, -0.2) is 0 Å². The fourth-order valence-electron chi connectivity index (χ4n) is 1.70. The summed E-state index contributed by atoms with van der Waals surface area (Å²) in [6, 6.07) is 14.1. The zero-order valence-electron chi connectivity index (χ0n) is 11.9. The van der Waals surface area contributed by atoms with Crippen LogP contribution in [-0.4, -0.2) is 25.2 Å². The van der Waals surface area contributed by atoms with Gasteiger partial charge in [0.2, 0.25) is 0 Å². The van der Waals surface area contributed by atoms with Crippen LogP contribution in [-0.2, 0) is 0 Å². The minimum atomic E-state index is -0.431. The van der Waals surface area contributed by atoms with Crippen molar-refractivity contribution >= 4 is 23.3 Å². The number of non-ortho nitro benzene ring substituents is 1. The van der Waals surface area contributed by atoms with Gasteiger partial charge in [0, 0.05) is 31.9 Å². The number of anilines is 2. The zero-order valence-corrected chi connectivity index (χ0v) is 11.9. The number of nitrogens with zero attached hydrogens (tertiary/aromatic N) is 3. The average Bonchev–Trinajstić information content (AvgIpc) is 2.48. The van der Waals surface area contributed by atoms with E-state index in [0.717, 1.165) is 11.3 Å². The maximum atomic E-state index is 10.5. The molecule has 21 heavy (non-hydrogen) atoms. The number of hydrogen-bond donors (Lipinski definition) is 1. The Morgan fingerprint density at radius 1 is 1.10 bits per heavy atom. The lowest BCUT2D eigenvalue weighted by Gasteiger charge is -2.11. The largest absolute Gasteiger partial charge is 0.378 e. The molecule has 1 N–H and O–H groups in total. The van der Waals surface area contributed by atoms with Crippen LogP contribution >= 0.6 is 0 Å². The number of nitro benzene ring substituents is 1. The SMILES string of the molecule is CN(C)c1ccc(C=NNc2ccc([N+](=O)[O-])cc2)cc1. The van der Waals surface area contributed by atoms with Crippen molar-refractivity contribution in [3.8, 4) is 0 Å². The molecule has 0 aromatic heterocycles. The van der Waals surface area contributed by atoms with E-state index < -0.39 is 4.92 Å². The molecule has 2 aromatic rings. The Morgan fingerprint density at radius 3 is 2.24 bits per heavy atom. The second-order valence-corrected chi connectivity index (χ2v) is 4.66. The zero-order chi connectivity index (χ0) is 15.2. The Balaban J connectivity index is 1.97. The summed E-state index contributed by atoms with van der Waals surface area (Å²) in [6.07, 6.45) is 1.70. The van der Waals surface area contributed by atoms with Gasteiger partial charge >= 0.3 is 0 Å². The molecule has 6 nitrogen and oxygen atoms in total. The Labute approximate surface area is 122 Å². The third-order valence-electron chi connectivity index (χ3n) is 2.89. The van der Waals surface area contributed by atoms with Gasteiger partial charge in [0.15, 0.2) is 0 Å². The summed E-state index contributed by atoms with van der Waals surface area (Å²) >= 11 is 0. The Bertz CT molecular complexity index is 634. The summed E-state index contributed by atoms with van der Waals surface area (Å²) < 4.78 is 0. The molecule has 0 spiro atoms. The van der Waals surface area contributed by atoms with Crippen molar-refractivity contribution in [3.05, 3.63) is 64.2 Å². The Hall–Kier alpha value is -2.89. The van der Waals surface area contributed by atoms with Crippen LogP contribution in [0.15, 0.2) is 53.6 Å². The number of hydrogen-bond acceptors (Lipinski definition) is 5. The molecule has 0 fully saturated rings. The Kier molecular flexibility index (Phi) is 4.50. The van der Waals surface area contributed by atoms with Crippen LogP contribution < -0.4 is 10.3 Å². The minimum absolute atomic E-state index is 0.0591. The summed E-state index contributed by atoms with van der Waals surface area (Å²) in [6.45, 7) is 0. The predicted octanol–water partition coefficient (Wildman–Crippen LogP) is 3.11. The molecular weight excluding hydrogens is 268 g/mol. The highest BCUT2D eigenvalue weighted by atomic mass is 16.6. The van der Waals surface area contributed by atoms with E-state index in [1.165, 1.54) is 12.1 Å². The molecule has 0 heterocycles. The van der Waals surface area contributed by atoms with Crippen LogP contribution in [0.5, 0.6) is 0 Å². The second kappa shape index (κ2) is 6.51. The first-order valence-corrected chi connectivity index (χ1v) is 6.37. The molecule has 0 aliphatic carbocycles. The molecule has 0 atom stereocenters. The molecule has 0 bridgehead atoms. The lowest BCUT2D eigenvalue weighted by molar-refractivity contribution is -0.384. The number of nitro groups is 1. The standard InChI is InChI=1S/C15H16N4O2/c1-18(2)14-7-3-12(4-8-14)11-16-17-13-5-9-15(10-6-13)19(20)21/h3-11,17H,1-2H3. The van der Waals surface area contributed by atoms with Crippen molar-refractivity contribution in [2.45, 2.75) is 0 Å². The number of rotatable bonds is 5. The average molecular weight is 284 g/mol. The van der Waals surface area contributed by atoms with E-state index in [2.05, 4.69) is 10.5 Å². The van der Waals surface area contributed by atoms with Gasteiger partial charge in [-0.05, 0) is 29.8 Å². The molecule has 0 unspecified atom stereocenters. The highest BCUT2D eigenvalue weighted by Gasteiger charge is 2.02. The quantitative estimate of drug-likeness (QED) is 0.520. The van der Waals surface area contributed by atoms with E-state index in [4.69, 9.17) is 0 Å². The number of benzene rings is 2. The van der Waals surface area contributed by atoms with E-state index in [0.29, 0.717) is 5.69 Å². The van der Waals surface area contributed by atoms with Crippen LogP contribution in [0.3, 0.4) is 0 Å². The molecule has 108 valence electrons. The van der Waals surface area contributed by atoms with Gasteiger partial charge in [0.1, 0.15) is 0 Å². The normalized spacial score (nSPS) is 10.6. The first kappa shape index (κ1) is 14.5. The van der Waals surface area contributed by atoms with Gasteiger partial charge in [-0.2, -0.15) is 5.10 Å². The lowest BCUT2D eigenvalue weighted by Crippen LogP contribution is -2.08. The van der Waals surface area contributed by atoms with Crippen molar-refractivity contribution in [2.75, 3.05) is 24.4 Å². The molecule has 0 aliphatic heterocycles. The number of hydrazone groups is 1. The van der Waals surface area contributed by atoms with Gasteiger partial charge in [0.05, 0.1) is 16.8 Å². The van der Waals surface area contributed by atoms with Crippen molar-refractivity contribution in [3.63, 3.8) is 0 Å². The predicted molar refractivity (Wildman–Crippen MR) is 85.1 cm³/mol. The van der Waals surface area contributed by atoms with Crippen LogP contribution in [0.1, 0.15) is 5.56 Å². The summed E-state index contributed by atoms with van der Waals surface area (Å²) in [5.41, 5.74) is 5.68. The fourth-order valence-corrected chi connectivity index (χ4v) is 1.70. The van der Waals surface area contributed by atoms with Crippen LogP contribution in [0.2, 0.25) is 0 Å². The van der Waals surface area contributed by atoms with Gasteiger partial charge in [-0.3, -0.25) is 15.5 Å². The summed E-state index contributed by atoms with van der Waals surface area (Å²) in [5.74, 6) is 0. The smallest absolute Gasteiger partial charge is 0.269 e. The molecule has 0 saturated carbocycles. The van der Waals surface area contributed by atoms with Crippen molar-refractivity contribution in [2.24, 2.45) is 5.10 Å². The molecule has 2 rings (SSSR count). The van der Waals surface area contributed by atoms with Gasteiger partial charge in [-0.1, -0.05) is 12.1 Å². The van der Waals surface area contributed by atoms with E-state index in [1.807, 2.05) is 43.3 Å². The van der Waals surface area contributed by atoms with Crippen molar-refractivity contribution in [1.82, 2.24) is 0 Å². The van der Waals surface area contributed by atoms with Gasteiger partial charge < -0.3 is 4.90 Å². The summed E-state index contributed by atoms with van der Waals surface area (Å²) in [5, 5.41) is 14.6. The van der Waals surface area contributed by atoms with E-state index >= 15 is 0 Å². The monoisotopic (exact) mass is 284 g/mol. The Morgan fingerprint density at radius 2 is 1.71 bits per heavy atom. The first-order valence-electron chi connectivity index (χ1n) is 6.37. The molecule has 0 saturated heterocycles. The topological polar surface area (TPSA) is 70.8 Å². The molecule has 6 heteroatoms. The lowest BCUT2D eigenvalue weighted by atomic mass is 10.2. The summed E-state index contributed by atoms with van der Waals surface area (Å²) in [7, 11) is 3.97. The highest BCUT2D eigenvalue weighted by molar-refractivity contribution is 5.81.